The first kappa shape index (κ1) is 26.3. The number of aromatic nitrogens is 3. The van der Waals surface area contributed by atoms with Crippen molar-refractivity contribution in [3.63, 3.8) is 0 Å². The van der Waals surface area contributed by atoms with Gasteiger partial charge in [-0.1, -0.05) is 51.7 Å². The number of aliphatic hydroxyl groups is 2. The summed E-state index contributed by atoms with van der Waals surface area (Å²) >= 11 is 0. The van der Waals surface area contributed by atoms with E-state index in [4.69, 9.17) is 9.84 Å². The van der Waals surface area contributed by atoms with E-state index in [9.17, 15) is 10.4 Å². The molecule has 0 aliphatic carbocycles. The van der Waals surface area contributed by atoms with Crippen LogP contribution in [0.15, 0.2) is 36.5 Å². The molecule has 0 aliphatic rings. The monoisotopic (exact) mass is 452 g/mol. The lowest BCUT2D eigenvalue weighted by Crippen LogP contribution is -2.11. The molecule has 33 heavy (non-hydrogen) atoms. The third kappa shape index (κ3) is 7.85. The minimum Gasteiger partial charge on any atom is -0.487 e. The number of rotatable bonds is 11. The number of unbranched alkanes of at least 4 members (excludes halogenated alkanes) is 1. The summed E-state index contributed by atoms with van der Waals surface area (Å²) in [6.45, 7) is 7.68. The van der Waals surface area contributed by atoms with Crippen LogP contribution >= 0.6 is 0 Å². The van der Waals surface area contributed by atoms with Gasteiger partial charge in [-0.05, 0) is 43.0 Å². The molecule has 1 atom stereocenters. The van der Waals surface area contributed by atoms with Gasteiger partial charge >= 0.3 is 0 Å². The van der Waals surface area contributed by atoms with Gasteiger partial charge in [0, 0.05) is 24.7 Å². The molecule has 3 aromatic rings. The van der Waals surface area contributed by atoms with Crippen molar-refractivity contribution >= 4 is 11.0 Å². The zero-order valence-corrected chi connectivity index (χ0v) is 20.0. The van der Waals surface area contributed by atoms with Crippen molar-refractivity contribution in [3.8, 4) is 11.8 Å². The minimum atomic E-state index is 0.0189. The Labute approximate surface area is 196 Å². The summed E-state index contributed by atoms with van der Waals surface area (Å²) in [5.41, 5.74) is 2.67. The van der Waals surface area contributed by atoms with E-state index in [1.54, 1.807) is 13.1 Å². The average Bonchev–Trinajstić information content (AvgIpc) is 3.20. The summed E-state index contributed by atoms with van der Waals surface area (Å²) in [5, 5.41) is 26.9. The molecule has 0 radical (unpaired) electrons. The van der Waals surface area contributed by atoms with Crippen molar-refractivity contribution in [3.05, 3.63) is 53.6 Å². The summed E-state index contributed by atoms with van der Waals surface area (Å²) in [6, 6.07) is 11.5. The maximum atomic E-state index is 9.22. The Hall–Kier alpha value is -2.95. The van der Waals surface area contributed by atoms with Crippen molar-refractivity contribution in [2.45, 2.75) is 72.6 Å². The number of aliphatic hydroxyl groups excluding tert-OH is 2. The van der Waals surface area contributed by atoms with E-state index in [2.05, 4.69) is 28.4 Å². The van der Waals surface area contributed by atoms with Crippen LogP contribution in [0.25, 0.3) is 11.0 Å². The van der Waals surface area contributed by atoms with Crippen LogP contribution < -0.4 is 4.74 Å². The Morgan fingerprint density at radius 2 is 1.85 bits per heavy atom. The molecule has 2 N–H and O–H groups in total. The van der Waals surface area contributed by atoms with Crippen molar-refractivity contribution in [1.29, 1.82) is 5.26 Å². The van der Waals surface area contributed by atoms with Gasteiger partial charge in [0.05, 0.1) is 12.3 Å². The van der Waals surface area contributed by atoms with E-state index in [1.807, 2.05) is 36.4 Å². The van der Waals surface area contributed by atoms with Gasteiger partial charge in [-0.2, -0.15) is 5.26 Å². The van der Waals surface area contributed by atoms with Crippen LogP contribution in [-0.2, 0) is 19.8 Å². The van der Waals surface area contributed by atoms with Crippen molar-refractivity contribution in [1.82, 2.24) is 14.5 Å². The molecule has 7 heteroatoms. The predicted molar refractivity (Wildman–Crippen MR) is 130 cm³/mol. The van der Waals surface area contributed by atoms with Crippen LogP contribution in [0.5, 0.6) is 5.75 Å². The van der Waals surface area contributed by atoms with E-state index < -0.39 is 0 Å². The van der Waals surface area contributed by atoms with Gasteiger partial charge < -0.3 is 19.5 Å². The number of hydrogen-bond donors (Lipinski definition) is 2. The fourth-order valence-corrected chi connectivity index (χ4v) is 3.72. The van der Waals surface area contributed by atoms with Gasteiger partial charge in [-0.3, -0.25) is 0 Å². The van der Waals surface area contributed by atoms with Crippen LogP contribution in [0.4, 0.5) is 0 Å². The van der Waals surface area contributed by atoms with Crippen LogP contribution in [-0.4, -0.2) is 31.4 Å². The van der Waals surface area contributed by atoms with Crippen LogP contribution in [0.1, 0.15) is 70.0 Å². The highest BCUT2D eigenvalue weighted by Gasteiger charge is 2.14. The van der Waals surface area contributed by atoms with E-state index in [0.717, 1.165) is 41.0 Å². The van der Waals surface area contributed by atoms with Gasteiger partial charge in [-0.15, -0.1) is 0 Å². The fraction of sp³-hybridized carbons (Fsp3) is 0.500. The lowest BCUT2D eigenvalue weighted by molar-refractivity contribution is 0.279. The van der Waals surface area contributed by atoms with Gasteiger partial charge in [0.1, 0.15) is 24.1 Å². The summed E-state index contributed by atoms with van der Waals surface area (Å²) in [5.74, 6) is 1.62. The summed E-state index contributed by atoms with van der Waals surface area (Å²) in [4.78, 5) is 8.58. The standard InChI is InChI=1S/C24H30N4O2.C2H6O/c1-3-5-6-18(4-2)11-12-28-21(13-20-15-26-23(14-25)27-24(20)28)17-30-22-9-7-19(16-29)8-10-22;1-2-3/h7-10,13,15,18,29H,3-6,11-12,16-17H2,1-2H3;3H,2H2,1H3. The lowest BCUT2D eigenvalue weighted by Gasteiger charge is -2.17. The maximum Gasteiger partial charge on any atom is 0.234 e. The average molecular weight is 453 g/mol. The normalized spacial score (nSPS) is 11.5. The molecular weight excluding hydrogens is 416 g/mol. The first-order valence-electron chi connectivity index (χ1n) is 11.8. The quantitative estimate of drug-likeness (QED) is 0.425. The summed E-state index contributed by atoms with van der Waals surface area (Å²) in [6.07, 6.45) is 7.67. The Bertz CT molecular complexity index is 1010. The highest BCUT2D eigenvalue weighted by molar-refractivity contribution is 5.76. The first-order chi connectivity index (χ1) is 16.1. The van der Waals surface area contributed by atoms with Crippen molar-refractivity contribution in [2.75, 3.05) is 6.61 Å². The molecule has 3 rings (SSSR count). The topological polar surface area (TPSA) is 104 Å². The number of nitrogens with zero attached hydrogens (tertiary/aromatic N) is 4. The lowest BCUT2D eigenvalue weighted by atomic mass is 9.96. The summed E-state index contributed by atoms with van der Waals surface area (Å²) in [7, 11) is 0. The van der Waals surface area contributed by atoms with Crippen LogP contribution in [0, 0.1) is 17.2 Å². The second kappa shape index (κ2) is 14.2. The molecule has 0 aliphatic heterocycles. The predicted octanol–water partition coefficient (Wildman–Crippen LogP) is 4.98. The molecule has 0 fully saturated rings. The van der Waals surface area contributed by atoms with Gasteiger partial charge in [0.25, 0.3) is 0 Å². The third-order valence-corrected chi connectivity index (χ3v) is 5.62. The Balaban J connectivity index is 0.00000122. The molecule has 0 saturated carbocycles. The molecule has 0 saturated heterocycles. The molecule has 0 amide bonds. The zero-order valence-electron chi connectivity index (χ0n) is 20.0. The Morgan fingerprint density at radius 3 is 2.45 bits per heavy atom. The highest BCUT2D eigenvalue weighted by Crippen LogP contribution is 2.24. The minimum absolute atomic E-state index is 0.0189. The molecule has 7 nitrogen and oxygen atoms in total. The van der Waals surface area contributed by atoms with Gasteiger partial charge in [0.2, 0.25) is 5.82 Å². The number of ether oxygens (including phenoxy) is 1. The number of benzene rings is 1. The zero-order chi connectivity index (χ0) is 24.1. The van der Waals surface area contributed by atoms with E-state index in [-0.39, 0.29) is 19.0 Å². The van der Waals surface area contributed by atoms with Crippen LogP contribution in [0.2, 0.25) is 0 Å². The molecule has 0 bridgehead atoms. The Morgan fingerprint density at radius 1 is 1.12 bits per heavy atom. The third-order valence-electron chi connectivity index (χ3n) is 5.62. The highest BCUT2D eigenvalue weighted by atomic mass is 16.5. The molecule has 1 aromatic carbocycles. The van der Waals surface area contributed by atoms with Crippen molar-refractivity contribution in [2.24, 2.45) is 5.92 Å². The Kier molecular flexibility index (Phi) is 11.4. The first-order valence-corrected chi connectivity index (χ1v) is 11.8. The SMILES string of the molecule is CCCCC(CC)CCn1c(COc2ccc(CO)cc2)cc2cnc(C#N)nc21.CCO. The molecule has 2 heterocycles. The van der Waals surface area contributed by atoms with Gasteiger partial charge in [0.15, 0.2) is 0 Å². The van der Waals surface area contributed by atoms with Crippen molar-refractivity contribution < 1.29 is 14.9 Å². The second-order valence-corrected chi connectivity index (χ2v) is 7.98. The largest absolute Gasteiger partial charge is 0.487 e. The number of nitriles is 1. The molecule has 1 unspecified atom stereocenters. The van der Waals surface area contributed by atoms with E-state index >= 15 is 0 Å². The van der Waals surface area contributed by atoms with E-state index in [1.165, 1.54) is 25.7 Å². The number of fused-ring (bicyclic) bond motifs is 1. The number of aryl methyl sites for hydroxylation is 1. The smallest absolute Gasteiger partial charge is 0.234 e. The van der Waals surface area contributed by atoms with E-state index in [0.29, 0.717) is 12.5 Å². The summed E-state index contributed by atoms with van der Waals surface area (Å²) < 4.78 is 8.18. The number of hydrogen-bond acceptors (Lipinski definition) is 6. The molecule has 178 valence electrons. The fourth-order valence-electron chi connectivity index (χ4n) is 3.72. The molecule has 2 aromatic heterocycles. The molecular formula is C26H36N4O3. The molecule has 0 spiro atoms. The second-order valence-electron chi connectivity index (χ2n) is 7.98. The maximum absolute atomic E-state index is 9.22. The van der Waals surface area contributed by atoms with Gasteiger partial charge in [-0.25, -0.2) is 9.97 Å². The van der Waals surface area contributed by atoms with Crippen LogP contribution in [0.3, 0.4) is 0 Å².